The van der Waals surface area contributed by atoms with E-state index in [0.29, 0.717) is 23.8 Å². The number of fused-ring (bicyclic) bond motifs is 1. The van der Waals surface area contributed by atoms with Gasteiger partial charge in [0.25, 0.3) is 5.56 Å². The zero-order chi connectivity index (χ0) is 18.1. The SMILES string of the molecule is CC(C)N(CCn1cnc2c1c(=O)n(C)c(=O)n2C)c1ccccc1. The minimum Gasteiger partial charge on any atom is -0.367 e. The van der Waals surface area contributed by atoms with Crippen molar-refractivity contribution in [2.24, 2.45) is 14.1 Å². The van der Waals surface area contributed by atoms with Crippen molar-refractivity contribution in [3.05, 3.63) is 57.5 Å². The lowest BCUT2D eigenvalue weighted by Crippen LogP contribution is -2.38. The van der Waals surface area contributed by atoms with E-state index in [9.17, 15) is 9.59 Å². The molecule has 0 atom stereocenters. The Morgan fingerprint density at radius 3 is 2.40 bits per heavy atom. The molecule has 2 aromatic heterocycles. The average Bonchev–Trinajstić information content (AvgIpc) is 3.03. The zero-order valence-corrected chi connectivity index (χ0v) is 15.0. The van der Waals surface area contributed by atoms with Gasteiger partial charge in [-0.05, 0) is 26.0 Å². The first-order chi connectivity index (χ1) is 11.9. The molecular formula is C18H23N5O2. The Balaban J connectivity index is 1.96. The van der Waals surface area contributed by atoms with Gasteiger partial charge in [-0.15, -0.1) is 0 Å². The quantitative estimate of drug-likeness (QED) is 0.703. The monoisotopic (exact) mass is 341 g/mol. The molecular weight excluding hydrogens is 318 g/mol. The smallest absolute Gasteiger partial charge is 0.332 e. The van der Waals surface area contributed by atoms with Gasteiger partial charge in [-0.1, -0.05) is 18.2 Å². The van der Waals surface area contributed by atoms with Gasteiger partial charge in [0.2, 0.25) is 0 Å². The van der Waals surface area contributed by atoms with E-state index < -0.39 is 0 Å². The van der Waals surface area contributed by atoms with Crippen LogP contribution < -0.4 is 16.1 Å². The number of hydrogen-bond donors (Lipinski definition) is 0. The minimum atomic E-state index is -0.365. The molecule has 1 aromatic carbocycles. The second-order valence-electron chi connectivity index (χ2n) is 6.44. The van der Waals surface area contributed by atoms with Crippen LogP contribution in [0, 0.1) is 0 Å². The second kappa shape index (κ2) is 6.58. The van der Waals surface area contributed by atoms with Crippen molar-refractivity contribution in [2.75, 3.05) is 11.4 Å². The molecule has 0 spiro atoms. The van der Waals surface area contributed by atoms with Gasteiger partial charge in [0, 0.05) is 38.9 Å². The number of rotatable bonds is 5. The van der Waals surface area contributed by atoms with E-state index in [-0.39, 0.29) is 11.2 Å². The van der Waals surface area contributed by atoms with Crippen molar-refractivity contribution >= 4 is 16.9 Å². The van der Waals surface area contributed by atoms with E-state index >= 15 is 0 Å². The van der Waals surface area contributed by atoms with Crippen LogP contribution in [0.25, 0.3) is 11.2 Å². The van der Waals surface area contributed by atoms with Crippen molar-refractivity contribution in [1.29, 1.82) is 0 Å². The van der Waals surface area contributed by atoms with Crippen molar-refractivity contribution in [3.63, 3.8) is 0 Å². The lowest BCUT2D eigenvalue weighted by Gasteiger charge is -2.29. The van der Waals surface area contributed by atoms with Gasteiger partial charge in [-0.2, -0.15) is 0 Å². The summed E-state index contributed by atoms with van der Waals surface area (Å²) in [5, 5.41) is 0. The summed E-state index contributed by atoms with van der Waals surface area (Å²) >= 11 is 0. The molecule has 0 aliphatic rings. The molecule has 0 fully saturated rings. The molecule has 7 nitrogen and oxygen atoms in total. The van der Waals surface area contributed by atoms with Crippen LogP contribution in [-0.4, -0.2) is 31.3 Å². The van der Waals surface area contributed by atoms with Crippen molar-refractivity contribution in [2.45, 2.75) is 26.4 Å². The lowest BCUT2D eigenvalue weighted by molar-refractivity contribution is 0.614. The Kier molecular flexibility index (Phi) is 4.48. The van der Waals surface area contributed by atoms with Crippen molar-refractivity contribution in [1.82, 2.24) is 18.7 Å². The third-order valence-corrected chi connectivity index (χ3v) is 4.51. The predicted octanol–water partition coefficient (Wildman–Crippen LogP) is 1.35. The fraction of sp³-hybridized carbons (Fsp3) is 0.389. The van der Waals surface area contributed by atoms with Crippen molar-refractivity contribution in [3.8, 4) is 0 Å². The van der Waals surface area contributed by atoms with Crippen LogP contribution in [0.1, 0.15) is 13.8 Å². The maximum Gasteiger partial charge on any atom is 0.332 e. The molecule has 3 rings (SSSR count). The van der Waals surface area contributed by atoms with Gasteiger partial charge in [-0.3, -0.25) is 13.9 Å². The van der Waals surface area contributed by atoms with Crippen LogP contribution in [0.3, 0.4) is 0 Å². The highest BCUT2D eigenvalue weighted by Crippen LogP contribution is 2.16. The normalized spacial score (nSPS) is 11.4. The van der Waals surface area contributed by atoms with E-state index in [1.807, 2.05) is 22.8 Å². The topological polar surface area (TPSA) is 65.1 Å². The zero-order valence-electron chi connectivity index (χ0n) is 15.0. The fourth-order valence-electron chi connectivity index (χ4n) is 3.09. The number of hydrogen-bond acceptors (Lipinski definition) is 4. The summed E-state index contributed by atoms with van der Waals surface area (Å²) in [6.45, 7) is 5.62. The summed E-state index contributed by atoms with van der Waals surface area (Å²) < 4.78 is 4.36. The molecule has 0 amide bonds. The molecule has 0 aliphatic carbocycles. The summed E-state index contributed by atoms with van der Waals surface area (Å²) in [6.07, 6.45) is 1.63. The van der Waals surface area contributed by atoms with Gasteiger partial charge in [0.05, 0.1) is 6.33 Å². The largest absolute Gasteiger partial charge is 0.367 e. The van der Waals surface area contributed by atoms with Gasteiger partial charge >= 0.3 is 5.69 Å². The molecule has 132 valence electrons. The second-order valence-corrected chi connectivity index (χ2v) is 6.44. The molecule has 0 saturated heterocycles. The molecule has 2 heterocycles. The molecule has 0 unspecified atom stereocenters. The third kappa shape index (κ3) is 2.97. The summed E-state index contributed by atoms with van der Waals surface area (Å²) in [7, 11) is 3.12. The van der Waals surface area contributed by atoms with E-state index in [1.165, 1.54) is 11.6 Å². The Hall–Kier alpha value is -2.83. The number of aromatic nitrogens is 4. The predicted molar refractivity (Wildman–Crippen MR) is 99.1 cm³/mol. The number of imidazole rings is 1. The van der Waals surface area contributed by atoms with Gasteiger partial charge in [0.1, 0.15) is 0 Å². The molecule has 0 bridgehead atoms. The number of para-hydroxylation sites is 1. The summed E-state index contributed by atoms with van der Waals surface area (Å²) in [4.78, 5) is 31.1. The van der Waals surface area contributed by atoms with E-state index in [1.54, 1.807) is 13.4 Å². The van der Waals surface area contributed by atoms with Gasteiger partial charge in [-0.25, -0.2) is 9.78 Å². The van der Waals surface area contributed by atoms with Crippen molar-refractivity contribution < 1.29 is 0 Å². The van der Waals surface area contributed by atoms with Gasteiger partial charge in [0.15, 0.2) is 11.2 Å². The Labute approximate surface area is 145 Å². The first kappa shape index (κ1) is 17.0. The van der Waals surface area contributed by atoms with E-state index in [0.717, 1.165) is 16.8 Å². The highest BCUT2D eigenvalue weighted by Gasteiger charge is 2.16. The Morgan fingerprint density at radius 2 is 1.76 bits per heavy atom. The molecule has 0 aliphatic heterocycles. The Bertz CT molecular complexity index is 998. The van der Waals surface area contributed by atoms with Gasteiger partial charge < -0.3 is 9.47 Å². The number of benzene rings is 1. The maximum absolute atomic E-state index is 12.5. The highest BCUT2D eigenvalue weighted by atomic mass is 16.2. The van der Waals surface area contributed by atoms with E-state index in [4.69, 9.17) is 0 Å². The van der Waals surface area contributed by atoms with Crippen LogP contribution in [0.4, 0.5) is 5.69 Å². The minimum absolute atomic E-state index is 0.314. The molecule has 25 heavy (non-hydrogen) atoms. The standard InChI is InChI=1S/C18H23N5O2/c1-13(2)23(14-8-6-5-7-9-14)11-10-22-12-19-16-15(22)17(24)21(4)18(25)20(16)3/h5-9,12-13H,10-11H2,1-4H3. The molecule has 3 aromatic rings. The first-order valence-electron chi connectivity index (χ1n) is 8.34. The molecule has 0 saturated carbocycles. The molecule has 7 heteroatoms. The van der Waals surface area contributed by atoms with Crippen LogP contribution >= 0.6 is 0 Å². The number of aryl methyl sites for hydroxylation is 1. The maximum atomic E-state index is 12.5. The molecule has 0 radical (unpaired) electrons. The third-order valence-electron chi connectivity index (χ3n) is 4.51. The van der Waals surface area contributed by atoms with Crippen LogP contribution in [-0.2, 0) is 20.6 Å². The number of nitrogens with zero attached hydrogens (tertiary/aromatic N) is 5. The molecule has 0 N–H and O–H groups in total. The lowest BCUT2D eigenvalue weighted by atomic mass is 10.2. The Morgan fingerprint density at radius 1 is 1.08 bits per heavy atom. The first-order valence-corrected chi connectivity index (χ1v) is 8.34. The van der Waals surface area contributed by atoms with Crippen LogP contribution in [0.15, 0.2) is 46.2 Å². The number of anilines is 1. The van der Waals surface area contributed by atoms with E-state index in [2.05, 4.69) is 35.9 Å². The summed E-state index contributed by atoms with van der Waals surface area (Å²) in [6, 6.07) is 10.5. The summed E-state index contributed by atoms with van der Waals surface area (Å²) in [5.41, 5.74) is 1.34. The summed E-state index contributed by atoms with van der Waals surface area (Å²) in [5.74, 6) is 0. The average molecular weight is 341 g/mol. The highest BCUT2D eigenvalue weighted by molar-refractivity contribution is 5.69. The van der Waals surface area contributed by atoms with Crippen LogP contribution in [0.5, 0.6) is 0 Å². The fourth-order valence-corrected chi connectivity index (χ4v) is 3.09. The van der Waals surface area contributed by atoms with Crippen LogP contribution in [0.2, 0.25) is 0 Å².